The van der Waals surface area contributed by atoms with Gasteiger partial charge in [0.25, 0.3) is 5.91 Å². The number of amides is 1. The van der Waals surface area contributed by atoms with Crippen molar-refractivity contribution in [2.75, 3.05) is 16.4 Å². The van der Waals surface area contributed by atoms with Crippen LogP contribution in [-0.2, 0) is 21.1 Å². The van der Waals surface area contributed by atoms with Crippen molar-refractivity contribution in [2.24, 2.45) is 4.99 Å². The standard InChI is InChI=1S/C20H19FN2O3S2/c1-13-2-8-16(9-3-13)23-17-11-28(25,26)12-18(17)27-20(23)22-19(24)10-14-4-6-15(21)7-5-14/h2-9,17-18H,10-12H2,1H3/t17-,18-/m1/s1. The lowest BCUT2D eigenvalue weighted by atomic mass is 10.1. The van der Waals surface area contributed by atoms with E-state index in [2.05, 4.69) is 4.99 Å². The first kappa shape index (κ1) is 19.1. The number of hydrogen-bond donors (Lipinski definition) is 0. The van der Waals surface area contributed by atoms with Crippen LogP contribution in [0.25, 0.3) is 0 Å². The minimum Gasteiger partial charge on any atom is -0.316 e. The van der Waals surface area contributed by atoms with E-state index < -0.39 is 9.84 Å². The number of carbonyl (C=O) groups is 1. The van der Waals surface area contributed by atoms with Gasteiger partial charge in [0.1, 0.15) is 5.82 Å². The highest BCUT2D eigenvalue weighted by molar-refractivity contribution is 8.16. The molecule has 2 heterocycles. The molecule has 28 heavy (non-hydrogen) atoms. The highest BCUT2D eigenvalue weighted by Gasteiger charge is 2.49. The highest BCUT2D eigenvalue weighted by Crippen LogP contribution is 2.41. The predicted octanol–water partition coefficient (Wildman–Crippen LogP) is 2.98. The Morgan fingerprint density at radius 3 is 2.50 bits per heavy atom. The summed E-state index contributed by atoms with van der Waals surface area (Å²) in [4.78, 5) is 18.7. The molecule has 2 aliphatic rings. The number of sulfone groups is 1. The lowest BCUT2D eigenvalue weighted by Gasteiger charge is -2.24. The van der Waals surface area contributed by atoms with E-state index in [1.807, 2.05) is 36.1 Å². The first-order chi connectivity index (χ1) is 13.3. The Kier molecular flexibility index (Phi) is 5.01. The van der Waals surface area contributed by atoms with Crippen molar-refractivity contribution in [1.29, 1.82) is 0 Å². The Labute approximate surface area is 167 Å². The van der Waals surface area contributed by atoms with Gasteiger partial charge < -0.3 is 4.90 Å². The van der Waals surface area contributed by atoms with Gasteiger partial charge in [-0.05, 0) is 36.8 Å². The van der Waals surface area contributed by atoms with Crippen molar-refractivity contribution in [3.8, 4) is 0 Å². The molecule has 2 aromatic carbocycles. The first-order valence-corrected chi connectivity index (χ1v) is 11.6. The second kappa shape index (κ2) is 7.33. The second-order valence-corrected chi connectivity index (χ2v) is 10.5. The minimum absolute atomic E-state index is 0.0592. The zero-order valence-corrected chi connectivity index (χ0v) is 16.8. The number of halogens is 1. The fourth-order valence-electron chi connectivity index (χ4n) is 3.49. The van der Waals surface area contributed by atoms with Crippen LogP contribution in [0.3, 0.4) is 0 Å². The van der Waals surface area contributed by atoms with Crippen molar-refractivity contribution in [3.63, 3.8) is 0 Å². The van der Waals surface area contributed by atoms with Crippen molar-refractivity contribution < 1.29 is 17.6 Å². The summed E-state index contributed by atoms with van der Waals surface area (Å²) in [5.74, 6) is -0.540. The van der Waals surface area contributed by atoms with Crippen molar-refractivity contribution >= 4 is 38.4 Å². The van der Waals surface area contributed by atoms with Gasteiger partial charge in [-0.15, -0.1) is 0 Å². The Morgan fingerprint density at radius 2 is 1.82 bits per heavy atom. The van der Waals surface area contributed by atoms with Crippen LogP contribution in [0.5, 0.6) is 0 Å². The molecule has 2 fully saturated rings. The quantitative estimate of drug-likeness (QED) is 0.767. The number of fused-ring (bicyclic) bond motifs is 1. The first-order valence-electron chi connectivity index (χ1n) is 8.90. The Hall–Kier alpha value is -2.19. The molecule has 5 nitrogen and oxygen atoms in total. The predicted molar refractivity (Wildman–Crippen MR) is 110 cm³/mol. The molecule has 0 unspecified atom stereocenters. The van der Waals surface area contributed by atoms with Gasteiger partial charge in [-0.3, -0.25) is 4.79 Å². The van der Waals surface area contributed by atoms with Crippen LogP contribution in [0, 0.1) is 12.7 Å². The summed E-state index contributed by atoms with van der Waals surface area (Å²) in [5.41, 5.74) is 2.61. The molecule has 0 N–H and O–H groups in total. The number of nitrogens with zero attached hydrogens (tertiary/aromatic N) is 2. The topological polar surface area (TPSA) is 66.8 Å². The normalized spacial score (nSPS) is 24.5. The van der Waals surface area contributed by atoms with E-state index in [0.29, 0.717) is 10.7 Å². The van der Waals surface area contributed by atoms with Crippen LogP contribution in [-0.4, -0.2) is 42.3 Å². The number of aliphatic imine (C=N–C) groups is 1. The van der Waals surface area contributed by atoms with E-state index in [1.54, 1.807) is 12.1 Å². The van der Waals surface area contributed by atoms with Gasteiger partial charge in [-0.1, -0.05) is 41.6 Å². The third-order valence-corrected chi connectivity index (χ3v) is 8.08. The zero-order valence-electron chi connectivity index (χ0n) is 15.2. The van der Waals surface area contributed by atoms with Gasteiger partial charge in [-0.2, -0.15) is 4.99 Å². The molecule has 0 radical (unpaired) electrons. The fourth-order valence-corrected chi connectivity index (χ4v) is 7.43. The van der Waals surface area contributed by atoms with Gasteiger partial charge in [-0.25, -0.2) is 12.8 Å². The number of hydrogen-bond acceptors (Lipinski definition) is 4. The van der Waals surface area contributed by atoms with Gasteiger partial charge in [0.05, 0.1) is 24.0 Å². The Bertz CT molecular complexity index is 1030. The average Bonchev–Trinajstić information content (AvgIpc) is 3.09. The van der Waals surface area contributed by atoms with E-state index in [0.717, 1.165) is 11.3 Å². The molecule has 0 aromatic heterocycles. The summed E-state index contributed by atoms with van der Waals surface area (Å²) < 4.78 is 37.2. The van der Waals surface area contributed by atoms with Gasteiger partial charge in [0, 0.05) is 10.9 Å². The zero-order chi connectivity index (χ0) is 19.9. The van der Waals surface area contributed by atoms with Gasteiger partial charge >= 0.3 is 0 Å². The monoisotopic (exact) mass is 418 g/mol. The summed E-state index contributed by atoms with van der Waals surface area (Å²) in [6.45, 7) is 1.98. The van der Waals surface area contributed by atoms with E-state index in [4.69, 9.17) is 0 Å². The van der Waals surface area contributed by atoms with Crippen LogP contribution in [0.2, 0.25) is 0 Å². The smallest absolute Gasteiger partial charge is 0.252 e. The molecule has 1 amide bonds. The van der Waals surface area contributed by atoms with Crippen LogP contribution in [0.15, 0.2) is 53.5 Å². The molecule has 2 saturated heterocycles. The van der Waals surface area contributed by atoms with Crippen molar-refractivity contribution in [1.82, 2.24) is 0 Å². The molecule has 2 aromatic rings. The Balaban J connectivity index is 1.62. The maximum Gasteiger partial charge on any atom is 0.252 e. The second-order valence-electron chi connectivity index (χ2n) is 7.10. The maximum absolute atomic E-state index is 13.0. The van der Waals surface area contributed by atoms with Gasteiger partial charge in [0.2, 0.25) is 0 Å². The van der Waals surface area contributed by atoms with E-state index >= 15 is 0 Å². The number of carbonyl (C=O) groups excluding carboxylic acids is 1. The lowest BCUT2D eigenvalue weighted by molar-refractivity contribution is -0.117. The van der Waals surface area contributed by atoms with Crippen LogP contribution in [0.4, 0.5) is 10.1 Å². The molecule has 146 valence electrons. The third-order valence-electron chi connectivity index (χ3n) is 4.87. The Morgan fingerprint density at radius 1 is 1.14 bits per heavy atom. The summed E-state index contributed by atoms with van der Waals surface area (Å²) in [6.07, 6.45) is 0.0692. The molecule has 0 spiro atoms. The molecule has 0 bridgehead atoms. The van der Waals surface area contributed by atoms with Crippen molar-refractivity contribution in [3.05, 3.63) is 65.5 Å². The van der Waals surface area contributed by atoms with Crippen LogP contribution in [0.1, 0.15) is 11.1 Å². The summed E-state index contributed by atoms with van der Waals surface area (Å²) >= 11 is 1.35. The molecule has 2 atom stereocenters. The summed E-state index contributed by atoms with van der Waals surface area (Å²) in [5, 5.41) is 0.393. The average molecular weight is 419 g/mol. The molecular formula is C20H19FN2O3S2. The molecule has 0 aliphatic carbocycles. The largest absolute Gasteiger partial charge is 0.316 e. The number of rotatable bonds is 3. The number of aryl methyl sites for hydroxylation is 1. The summed E-state index contributed by atoms with van der Waals surface area (Å²) in [7, 11) is -3.10. The number of anilines is 1. The van der Waals surface area contributed by atoms with Crippen LogP contribution >= 0.6 is 11.8 Å². The molecule has 8 heteroatoms. The number of benzene rings is 2. The molecule has 4 rings (SSSR count). The fraction of sp³-hybridized carbons (Fsp3) is 0.300. The molecular weight excluding hydrogens is 399 g/mol. The highest BCUT2D eigenvalue weighted by atomic mass is 32.2. The summed E-state index contributed by atoms with van der Waals surface area (Å²) in [6, 6.07) is 13.3. The van der Waals surface area contributed by atoms with Gasteiger partial charge in [0.15, 0.2) is 15.0 Å². The SMILES string of the molecule is Cc1ccc(N2C(=NC(=O)Cc3ccc(F)cc3)S[C@@H]3CS(=O)(=O)C[C@H]32)cc1. The van der Waals surface area contributed by atoms with Crippen molar-refractivity contribution in [2.45, 2.75) is 24.6 Å². The molecule has 2 aliphatic heterocycles. The maximum atomic E-state index is 13.0. The third kappa shape index (κ3) is 3.98. The van der Waals surface area contributed by atoms with E-state index in [-0.39, 0.29) is 40.9 Å². The lowest BCUT2D eigenvalue weighted by Crippen LogP contribution is -2.37. The number of amidine groups is 1. The van der Waals surface area contributed by atoms with E-state index in [1.165, 1.54) is 23.9 Å². The minimum atomic E-state index is -3.10. The molecule has 0 saturated carbocycles. The van der Waals surface area contributed by atoms with E-state index in [9.17, 15) is 17.6 Å². The number of thioether (sulfide) groups is 1. The van der Waals surface area contributed by atoms with Crippen LogP contribution < -0.4 is 4.90 Å².